The fraction of sp³-hybridized carbons (Fsp3) is 0. The molecule has 70 valence electrons. The van der Waals surface area contributed by atoms with Crippen LogP contribution in [0, 0.1) is 11.6 Å². The van der Waals surface area contributed by atoms with Crippen LogP contribution in [0.2, 0.25) is 0 Å². The molecule has 0 radical (unpaired) electrons. The number of amides is 1. The maximum Gasteiger partial charge on any atom is 0.323 e. The van der Waals surface area contributed by atoms with Crippen LogP contribution in [0.1, 0.15) is 0 Å². The lowest BCUT2D eigenvalue weighted by molar-refractivity contribution is 0.264. The van der Waals surface area contributed by atoms with E-state index in [9.17, 15) is 13.6 Å². The molecule has 0 unspecified atom stereocenters. The van der Waals surface area contributed by atoms with Gasteiger partial charge in [0.05, 0.1) is 4.90 Å². The first-order valence-electron chi connectivity index (χ1n) is 3.17. The van der Waals surface area contributed by atoms with Gasteiger partial charge >= 0.3 is 5.37 Å². The second kappa shape index (κ2) is 4.43. The Morgan fingerprint density at radius 1 is 1.46 bits per heavy atom. The predicted octanol–water partition coefficient (Wildman–Crippen LogP) is 2.92. The van der Waals surface area contributed by atoms with E-state index in [1.54, 1.807) is 0 Å². The fourth-order valence-electron chi connectivity index (χ4n) is 0.653. The summed E-state index contributed by atoms with van der Waals surface area (Å²) in [6.45, 7) is 0. The van der Waals surface area contributed by atoms with E-state index in [1.165, 1.54) is 6.07 Å². The fourth-order valence-corrected chi connectivity index (χ4v) is 1.25. The Kier molecular flexibility index (Phi) is 3.50. The Bertz CT molecular complexity index is 334. The Morgan fingerprint density at radius 2 is 2.15 bits per heavy atom. The Morgan fingerprint density at radius 3 is 2.69 bits per heavy atom. The lowest BCUT2D eigenvalue weighted by atomic mass is 10.3. The average molecular weight is 224 g/mol. The van der Waals surface area contributed by atoms with E-state index in [0.29, 0.717) is 11.9 Å². The molecule has 1 aromatic rings. The molecule has 0 aliphatic carbocycles. The van der Waals surface area contributed by atoms with E-state index in [0.717, 1.165) is 12.1 Å². The third-order valence-electron chi connectivity index (χ3n) is 1.14. The van der Waals surface area contributed by atoms with Gasteiger partial charge in [-0.1, -0.05) is 0 Å². The summed E-state index contributed by atoms with van der Waals surface area (Å²) in [5, 5.41) is -0.811. The first-order chi connectivity index (χ1) is 6.09. The second-order valence-electron chi connectivity index (χ2n) is 2.05. The van der Waals surface area contributed by atoms with Gasteiger partial charge < -0.3 is 0 Å². The van der Waals surface area contributed by atoms with Gasteiger partial charge in [-0.2, -0.15) is 0 Å². The molecule has 0 fully saturated rings. The highest BCUT2D eigenvalue weighted by atomic mass is 35.5. The van der Waals surface area contributed by atoms with Crippen molar-refractivity contribution in [2.75, 3.05) is 0 Å². The third kappa shape index (κ3) is 3.20. The van der Waals surface area contributed by atoms with Crippen LogP contribution >= 0.6 is 23.5 Å². The Labute approximate surface area is 82.4 Å². The number of hydrogen-bond donors (Lipinski definition) is 1. The molecule has 13 heavy (non-hydrogen) atoms. The zero-order valence-corrected chi connectivity index (χ0v) is 7.75. The normalized spacial score (nSPS) is 9.77. The van der Waals surface area contributed by atoms with Crippen molar-refractivity contribution < 1.29 is 13.6 Å². The second-order valence-corrected chi connectivity index (χ2v) is 3.24. The summed E-state index contributed by atoms with van der Waals surface area (Å²) in [5.41, 5.74) is 0. The van der Waals surface area contributed by atoms with Crippen LogP contribution in [-0.4, -0.2) is 5.37 Å². The predicted molar refractivity (Wildman–Crippen MR) is 46.6 cm³/mol. The van der Waals surface area contributed by atoms with Gasteiger partial charge in [-0.25, -0.2) is 8.78 Å². The molecule has 0 aliphatic rings. The SMILES string of the molecule is O=C(Cl)NSc1ccc(F)cc1F. The van der Waals surface area contributed by atoms with Gasteiger partial charge in [0.2, 0.25) is 0 Å². The molecule has 6 heteroatoms. The van der Waals surface area contributed by atoms with Gasteiger partial charge in [0.25, 0.3) is 0 Å². The first-order valence-corrected chi connectivity index (χ1v) is 4.36. The van der Waals surface area contributed by atoms with Gasteiger partial charge in [0.1, 0.15) is 11.6 Å². The van der Waals surface area contributed by atoms with E-state index < -0.39 is 17.0 Å². The summed E-state index contributed by atoms with van der Waals surface area (Å²) < 4.78 is 27.3. The standard InChI is InChI=1S/C7H4ClF2NOS/c8-7(12)11-13-6-2-1-4(9)3-5(6)10/h1-3H,(H,11,12). The Hall–Kier alpha value is -0.810. The highest BCUT2D eigenvalue weighted by molar-refractivity contribution is 7.98. The molecule has 1 N–H and O–H groups in total. The van der Waals surface area contributed by atoms with Crippen LogP contribution in [0.4, 0.5) is 13.6 Å². The zero-order valence-electron chi connectivity index (χ0n) is 6.18. The van der Waals surface area contributed by atoms with Crippen LogP contribution in [-0.2, 0) is 0 Å². The summed E-state index contributed by atoms with van der Waals surface area (Å²) >= 11 is 5.63. The van der Waals surface area contributed by atoms with Crippen molar-refractivity contribution in [1.29, 1.82) is 0 Å². The van der Waals surface area contributed by atoms with E-state index in [-0.39, 0.29) is 4.90 Å². The van der Waals surface area contributed by atoms with Crippen molar-refractivity contribution in [3.63, 3.8) is 0 Å². The lowest BCUT2D eigenvalue weighted by Gasteiger charge is -2.00. The zero-order chi connectivity index (χ0) is 9.84. The molecule has 0 bridgehead atoms. The molecular weight excluding hydrogens is 220 g/mol. The maximum absolute atomic E-state index is 12.8. The Balaban J connectivity index is 2.72. The molecule has 1 amide bonds. The van der Waals surface area contributed by atoms with Crippen LogP contribution in [0.25, 0.3) is 0 Å². The molecule has 0 heterocycles. The first kappa shape index (κ1) is 10.3. The smallest absolute Gasteiger partial charge is 0.282 e. The topological polar surface area (TPSA) is 29.1 Å². The molecular formula is C7H4ClF2NOS. The van der Waals surface area contributed by atoms with Gasteiger partial charge in [0, 0.05) is 6.07 Å². The average Bonchev–Trinajstić information content (AvgIpc) is 2.02. The molecule has 0 spiro atoms. The van der Waals surface area contributed by atoms with Crippen molar-refractivity contribution in [3.05, 3.63) is 29.8 Å². The van der Waals surface area contributed by atoms with Crippen LogP contribution in [0.15, 0.2) is 23.1 Å². The number of halogens is 3. The largest absolute Gasteiger partial charge is 0.323 e. The van der Waals surface area contributed by atoms with Crippen LogP contribution in [0.5, 0.6) is 0 Å². The summed E-state index contributed by atoms with van der Waals surface area (Å²) in [5.74, 6) is -1.41. The minimum atomic E-state index is -0.811. The lowest BCUT2D eigenvalue weighted by Crippen LogP contribution is -2.05. The van der Waals surface area contributed by atoms with Crippen molar-refractivity contribution in [2.45, 2.75) is 4.90 Å². The van der Waals surface area contributed by atoms with Crippen molar-refractivity contribution in [2.24, 2.45) is 0 Å². The number of carbonyl (C=O) groups excluding carboxylic acids is 1. The van der Waals surface area contributed by atoms with E-state index in [2.05, 4.69) is 4.72 Å². The maximum atomic E-state index is 12.8. The van der Waals surface area contributed by atoms with Crippen LogP contribution in [0.3, 0.4) is 0 Å². The number of rotatable bonds is 2. The highest BCUT2D eigenvalue weighted by Gasteiger charge is 2.05. The molecule has 0 aliphatic heterocycles. The van der Waals surface area contributed by atoms with Crippen molar-refractivity contribution in [3.8, 4) is 0 Å². The van der Waals surface area contributed by atoms with Gasteiger partial charge in [-0.05, 0) is 35.7 Å². The summed E-state index contributed by atoms with van der Waals surface area (Å²) in [7, 11) is 0. The molecule has 0 atom stereocenters. The highest BCUT2D eigenvalue weighted by Crippen LogP contribution is 2.19. The minimum Gasteiger partial charge on any atom is -0.282 e. The molecule has 1 rings (SSSR count). The third-order valence-corrected chi connectivity index (χ3v) is 2.18. The number of benzene rings is 1. The van der Waals surface area contributed by atoms with Gasteiger partial charge in [0.15, 0.2) is 0 Å². The van der Waals surface area contributed by atoms with Crippen LogP contribution < -0.4 is 4.72 Å². The molecule has 0 aromatic heterocycles. The van der Waals surface area contributed by atoms with Gasteiger partial charge in [-0.15, -0.1) is 0 Å². The van der Waals surface area contributed by atoms with E-state index in [4.69, 9.17) is 11.6 Å². The van der Waals surface area contributed by atoms with Gasteiger partial charge in [-0.3, -0.25) is 9.52 Å². The molecule has 1 aromatic carbocycles. The summed E-state index contributed by atoms with van der Waals surface area (Å²) in [4.78, 5) is 10.3. The quantitative estimate of drug-likeness (QED) is 0.475. The number of nitrogens with one attached hydrogen (secondary N) is 1. The molecule has 0 saturated heterocycles. The molecule has 0 saturated carbocycles. The minimum absolute atomic E-state index is 0.107. The van der Waals surface area contributed by atoms with Crippen molar-refractivity contribution >= 4 is 28.9 Å². The number of hydrogen-bond acceptors (Lipinski definition) is 2. The van der Waals surface area contributed by atoms with E-state index >= 15 is 0 Å². The van der Waals surface area contributed by atoms with E-state index in [1.807, 2.05) is 0 Å². The summed E-state index contributed by atoms with van der Waals surface area (Å²) in [6, 6.07) is 3.02. The monoisotopic (exact) mass is 223 g/mol. The molecule has 2 nitrogen and oxygen atoms in total. The summed E-state index contributed by atoms with van der Waals surface area (Å²) in [6.07, 6.45) is 0. The van der Waals surface area contributed by atoms with Crippen molar-refractivity contribution in [1.82, 2.24) is 4.72 Å². The number of carbonyl (C=O) groups is 1.